The number of ether oxygens (including phenoxy) is 1. The highest BCUT2D eigenvalue weighted by atomic mass is 35.5. The number of carbonyl (C=O) groups is 1. The fraction of sp³-hybridized carbons (Fsp3) is 0.0909. The number of fused-ring (bicyclic) bond motifs is 1. The van der Waals surface area contributed by atoms with Crippen LogP contribution in [-0.4, -0.2) is 18.0 Å². The molecule has 1 amide bonds. The SMILES string of the molecule is COc1ccc(Cl)cc1NC(=O)c1ccc2nc(Cc3ccccc3)oc2c1. The Morgan fingerprint density at radius 2 is 1.93 bits per heavy atom. The maximum atomic E-state index is 12.7. The maximum absolute atomic E-state index is 12.7. The molecule has 0 spiro atoms. The highest BCUT2D eigenvalue weighted by Gasteiger charge is 2.13. The average Bonchev–Trinajstić information content (AvgIpc) is 3.10. The number of hydrogen-bond donors (Lipinski definition) is 1. The third-order valence-electron chi connectivity index (χ3n) is 4.30. The first-order chi connectivity index (χ1) is 13.6. The predicted octanol–water partition coefficient (Wildman–Crippen LogP) is 5.33. The van der Waals surface area contributed by atoms with E-state index < -0.39 is 0 Å². The van der Waals surface area contributed by atoms with Crippen molar-refractivity contribution in [2.24, 2.45) is 0 Å². The number of benzene rings is 3. The van der Waals surface area contributed by atoms with Crippen LogP contribution in [0.1, 0.15) is 21.8 Å². The molecule has 0 fully saturated rings. The zero-order valence-electron chi connectivity index (χ0n) is 15.1. The first-order valence-electron chi connectivity index (χ1n) is 8.70. The van der Waals surface area contributed by atoms with E-state index in [1.807, 2.05) is 30.3 Å². The van der Waals surface area contributed by atoms with Gasteiger partial charge in [0.15, 0.2) is 11.5 Å². The van der Waals surface area contributed by atoms with E-state index in [4.69, 9.17) is 20.8 Å². The molecule has 4 aromatic rings. The van der Waals surface area contributed by atoms with Gasteiger partial charge in [0, 0.05) is 17.0 Å². The molecular weight excluding hydrogens is 376 g/mol. The Balaban J connectivity index is 1.57. The minimum Gasteiger partial charge on any atom is -0.495 e. The molecule has 5 nitrogen and oxygen atoms in total. The van der Waals surface area contributed by atoms with Crippen molar-refractivity contribution in [3.8, 4) is 5.75 Å². The van der Waals surface area contributed by atoms with Crippen LogP contribution in [0, 0.1) is 0 Å². The van der Waals surface area contributed by atoms with Gasteiger partial charge in [-0.05, 0) is 42.0 Å². The van der Waals surface area contributed by atoms with Gasteiger partial charge < -0.3 is 14.5 Å². The van der Waals surface area contributed by atoms with Crippen LogP contribution < -0.4 is 10.1 Å². The summed E-state index contributed by atoms with van der Waals surface area (Å²) < 4.78 is 11.1. The number of nitrogens with one attached hydrogen (secondary N) is 1. The molecule has 0 bridgehead atoms. The molecule has 3 aromatic carbocycles. The molecule has 0 radical (unpaired) electrons. The molecule has 0 aliphatic rings. The van der Waals surface area contributed by atoms with Crippen LogP contribution in [-0.2, 0) is 6.42 Å². The van der Waals surface area contributed by atoms with E-state index in [2.05, 4.69) is 10.3 Å². The first-order valence-corrected chi connectivity index (χ1v) is 9.08. The van der Waals surface area contributed by atoms with E-state index in [-0.39, 0.29) is 5.91 Å². The Morgan fingerprint density at radius 1 is 1.11 bits per heavy atom. The number of anilines is 1. The Hall–Kier alpha value is -3.31. The van der Waals surface area contributed by atoms with E-state index in [1.165, 1.54) is 7.11 Å². The molecule has 1 aromatic heterocycles. The fourth-order valence-corrected chi connectivity index (χ4v) is 3.10. The summed E-state index contributed by atoms with van der Waals surface area (Å²) in [4.78, 5) is 17.2. The number of amides is 1. The summed E-state index contributed by atoms with van der Waals surface area (Å²) in [6, 6.07) is 20.2. The van der Waals surface area contributed by atoms with Gasteiger partial charge in [-0.15, -0.1) is 0 Å². The molecule has 1 N–H and O–H groups in total. The largest absolute Gasteiger partial charge is 0.495 e. The van der Waals surface area contributed by atoms with Crippen LogP contribution >= 0.6 is 11.6 Å². The highest BCUT2D eigenvalue weighted by molar-refractivity contribution is 6.31. The second-order valence-electron chi connectivity index (χ2n) is 6.25. The molecule has 0 atom stereocenters. The minimum absolute atomic E-state index is 0.288. The van der Waals surface area contributed by atoms with Gasteiger partial charge in [0.05, 0.1) is 12.8 Å². The number of nitrogens with zero attached hydrogens (tertiary/aromatic N) is 1. The molecule has 0 aliphatic heterocycles. The summed E-state index contributed by atoms with van der Waals surface area (Å²) in [5, 5.41) is 3.33. The lowest BCUT2D eigenvalue weighted by molar-refractivity contribution is 0.102. The van der Waals surface area contributed by atoms with E-state index in [0.717, 1.165) is 5.56 Å². The van der Waals surface area contributed by atoms with E-state index in [1.54, 1.807) is 36.4 Å². The quantitative estimate of drug-likeness (QED) is 0.498. The Bertz CT molecular complexity index is 1140. The number of rotatable bonds is 5. The minimum atomic E-state index is -0.288. The Kier molecular flexibility index (Phi) is 5.00. The summed E-state index contributed by atoms with van der Waals surface area (Å²) >= 11 is 6.02. The predicted molar refractivity (Wildman–Crippen MR) is 109 cm³/mol. The average molecular weight is 393 g/mol. The fourth-order valence-electron chi connectivity index (χ4n) is 2.93. The van der Waals surface area contributed by atoms with Crippen LogP contribution in [0.3, 0.4) is 0 Å². The molecule has 4 rings (SSSR count). The number of halogens is 1. The van der Waals surface area contributed by atoms with Crippen molar-refractivity contribution in [2.45, 2.75) is 6.42 Å². The zero-order chi connectivity index (χ0) is 19.5. The van der Waals surface area contributed by atoms with Crippen molar-refractivity contribution in [3.05, 3.63) is 88.8 Å². The Labute approximate surface area is 166 Å². The Morgan fingerprint density at radius 3 is 2.71 bits per heavy atom. The van der Waals surface area contributed by atoms with Crippen LogP contribution in [0.15, 0.2) is 71.1 Å². The summed E-state index contributed by atoms with van der Waals surface area (Å²) in [5.74, 6) is 0.849. The lowest BCUT2D eigenvalue weighted by Gasteiger charge is -2.10. The summed E-state index contributed by atoms with van der Waals surface area (Å²) in [6.07, 6.45) is 0.594. The third kappa shape index (κ3) is 3.85. The van der Waals surface area contributed by atoms with Crippen LogP contribution in [0.25, 0.3) is 11.1 Å². The van der Waals surface area contributed by atoms with Crippen LogP contribution in [0.5, 0.6) is 5.75 Å². The number of methoxy groups -OCH3 is 1. The van der Waals surface area contributed by atoms with Crippen molar-refractivity contribution < 1.29 is 13.9 Å². The normalized spacial score (nSPS) is 10.8. The lowest BCUT2D eigenvalue weighted by atomic mass is 10.1. The van der Waals surface area contributed by atoms with Gasteiger partial charge in [-0.1, -0.05) is 41.9 Å². The van der Waals surface area contributed by atoms with E-state index >= 15 is 0 Å². The van der Waals surface area contributed by atoms with Gasteiger partial charge in [0.1, 0.15) is 11.3 Å². The second kappa shape index (κ2) is 7.74. The number of oxazole rings is 1. The van der Waals surface area contributed by atoms with Crippen LogP contribution in [0.4, 0.5) is 5.69 Å². The molecule has 0 saturated heterocycles. The third-order valence-corrected chi connectivity index (χ3v) is 4.54. The second-order valence-corrected chi connectivity index (χ2v) is 6.69. The van der Waals surface area contributed by atoms with Gasteiger partial charge in [0.25, 0.3) is 5.91 Å². The van der Waals surface area contributed by atoms with Gasteiger partial charge in [-0.2, -0.15) is 0 Å². The van der Waals surface area contributed by atoms with Gasteiger partial charge in [-0.25, -0.2) is 4.98 Å². The number of carbonyl (C=O) groups excluding carboxylic acids is 1. The smallest absolute Gasteiger partial charge is 0.255 e. The highest BCUT2D eigenvalue weighted by Crippen LogP contribution is 2.28. The van der Waals surface area contributed by atoms with Crippen molar-refractivity contribution in [1.29, 1.82) is 0 Å². The van der Waals surface area contributed by atoms with Gasteiger partial charge in [0.2, 0.25) is 0 Å². The van der Waals surface area contributed by atoms with E-state index in [0.29, 0.717) is 45.4 Å². The molecule has 6 heteroatoms. The monoisotopic (exact) mass is 392 g/mol. The summed E-state index contributed by atoms with van der Waals surface area (Å²) in [7, 11) is 1.54. The first kappa shape index (κ1) is 18.1. The van der Waals surface area contributed by atoms with Gasteiger partial charge >= 0.3 is 0 Å². The lowest BCUT2D eigenvalue weighted by Crippen LogP contribution is -2.12. The van der Waals surface area contributed by atoms with Crippen molar-refractivity contribution in [2.75, 3.05) is 12.4 Å². The van der Waals surface area contributed by atoms with Crippen LogP contribution in [0.2, 0.25) is 5.02 Å². The molecule has 0 unspecified atom stereocenters. The molecule has 1 heterocycles. The standard InChI is InChI=1S/C22H17ClN2O3/c1-27-19-10-8-16(23)13-18(19)25-22(26)15-7-9-17-20(12-15)28-21(24-17)11-14-5-3-2-4-6-14/h2-10,12-13H,11H2,1H3,(H,25,26). The molecule has 0 saturated carbocycles. The topological polar surface area (TPSA) is 64.4 Å². The summed E-state index contributed by atoms with van der Waals surface area (Å²) in [5.41, 5.74) is 3.35. The van der Waals surface area contributed by atoms with Crippen molar-refractivity contribution >= 4 is 34.3 Å². The van der Waals surface area contributed by atoms with Crippen molar-refractivity contribution in [1.82, 2.24) is 4.98 Å². The maximum Gasteiger partial charge on any atom is 0.255 e. The van der Waals surface area contributed by atoms with Gasteiger partial charge in [-0.3, -0.25) is 4.79 Å². The van der Waals surface area contributed by atoms with Crippen molar-refractivity contribution in [3.63, 3.8) is 0 Å². The zero-order valence-corrected chi connectivity index (χ0v) is 15.9. The molecule has 140 valence electrons. The number of hydrogen-bond acceptors (Lipinski definition) is 4. The summed E-state index contributed by atoms with van der Waals surface area (Å²) in [6.45, 7) is 0. The molecule has 28 heavy (non-hydrogen) atoms. The molecular formula is C22H17ClN2O3. The van der Waals surface area contributed by atoms with E-state index in [9.17, 15) is 4.79 Å². The number of aromatic nitrogens is 1. The molecule has 0 aliphatic carbocycles.